The van der Waals surface area contributed by atoms with Crippen LogP contribution in [0.1, 0.15) is 23.6 Å². The zero-order valence-corrected chi connectivity index (χ0v) is 15.5. The highest BCUT2D eigenvalue weighted by Gasteiger charge is 2.22. The van der Waals surface area contributed by atoms with Crippen LogP contribution in [0.3, 0.4) is 0 Å². The van der Waals surface area contributed by atoms with Crippen LogP contribution in [0.15, 0.2) is 29.3 Å². The summed E-state index contributed by atoms with van der Waals surface area (Å²) < 4.78 is 29.6. The molecule has 2 aromatic rings. The second-order valence-corrected chi connectivity index (χ2v) is 7.79. The van der Waals surface area contributed by atoms with E-state index in [0.29, 0.717) is 34.3 Å². The maximum absolute atomic E-state index is 12.0. The Labute approximate surface area is 151 Å². The number of aliphatic hydroxyl groups is 1. The van der Waals surface area contributed by atoms with E-state index in [1.54, 1.807) is 26.0 Å². The molecule has 24 heavy (non-hydrogen) atoms. The lowest BCUT2D eigenvalue weighted by atomic mass is 10.0. The van der Waals surface area contributed by atoms with Gasteiger partial charge in [-0.2, -0.15) is 0 Å². The summed E-state index contributed by atoms with van der Waals surface area (Å²) in [5.74, 6) is -0.744. The minimum atomic E-state index is -3.81. The van der Waals surface area contributed by atoms with Gasteiger partial charge in [0.05, 0.1) is 6.61 Å². The van der Waals surface area contributed by atoms with Gasteiger partial charge in [0.1, 0.15) is 21.7 Å². The van der Waals surface area contributed by atoms with Crippen LogP contribution in [0, 0.1) is 6.92 Å². The molecule has 0 aliphatic heterocycles. The number of pyridine rings is 1. The molecule has 1 aromatic heterocycles. The predicted octanol–water partition coefficient (Wildman–Crippen LogP) is 3.41. The third kappa shape index (κ3) is 3.83. The van der Waals surface area contributed by atoms with E-state index in [-0.39, 0.29) is 10.6 Å². The minimum Gasteiger partial charge on any atom is -0.492 e. The van der Waals surface area contributed by atoms with E-state index in [4.69, 9.17) is 33.0 Å². The molecule has 0 aliphatic rings. The van der Waals surface area contributed by atoms with E-state index >= 15 is 0 Å². The fourth-order valence-corrected chi connectivity index (χ4v) is 3.73. The van der Waals surface area contributed by atoms with Crippen molar-refractivity contribution in [1.82, 2.24) is 4.98 Å². The number of aromatic nitrogens is 1. The summed E-state index contributed by atoms with van der Waals surface area (Å²) >= 11 is 12.3. The molecule has 8 heteroatoms. The Hall–Kier alpha value is -1.34. The van der Waals surface area contributed by atoms with E-state index in [1.165, 1.54) is 12.3 Å². The Morgan fingerprint density at radius 3 is 2.54 bits per heavy atom. The first kappa shape index (κ1) is 19.0. The van der Waals surface area contributed by atoms with Gasteiger partial charge in [-0.15, -0.1) is 0 Å². The zero-order valence-electron chi connectivity index (χ0n) is 13.2. The number of nitrogens with zero attached hydrogens (tertiary/aromatic N) is 1. The minimum absolute atomic E-state index is 0.0310. The maximum Gasteiger partial charge on any atom is 0.205 e. The van der Waals surface area contributed by atoms with Crippen molar-refractivity contribution in [2.45, 2.75) is 25.2 Å². The maximum atomic E-state index is 12.0. The van der Waals surface area contributed by atoms with E-state index in [2.05, 4.69) is 4.98 Å². The number of hydrogen-bond donors (Lipinski definition) is 1. The topological polar surface area (TPSA) is 76.5 Å². The quantitative estimate of drug-likeness (QED) is 0.765. The Bertz CT molecular complexity index is 833. The van der Waals surface area contributed by atoms with Crippen LogP contribution in [0.25, 0.3) is 0 Å². The number of benzene rings is 1. The highest BCUT2D eigenvalue weighted by Crippen LogP contribution is 2.34. The molecule has 0 amide bonds. The van der Waals surface area contributed by atoms with Crippen molar-refractivity contribution >= 4 is 33.0 Å². The van der Waals surface area contributed by atoms with Crippen molar-refractivity contribution < 1.29 is 18.3 Å². The van der Waals surface area contributed by atoms with Crippen LogP contribution in [-0.4, -0.2) is 31.1 Å². The van der Waals surface area contributed by atoms with Gasteiger partial charge >= 0.3 is 0 Å². The van der Waals surface area contributed by atoms with E-state index < -0.39 is 15.8 Å². The van der Waals surface area contributed by atoms with E-state index in [0.717, 1.165) is 5.56 Å². The first-order chi connectivity index (χ1) is 11.3. The van der Waals surface area contributed by atoms with E-state index in [9.17, 15) is 8.42 Å². The second-order valence-electron chi connectivity index (χ2n) is 5.09. The molecule has 0 unspecified atom stereocenters. The molecular weight excluding hydrogens is 373 g/mol. The summed E-state index contributed by atoms with van der Waals surface area (Å²) in [5.41, 5.74) is 2.12. The molecule has 2 rings (SSSR count). The van der Waals surface area contributed by atoms with Gasteiger partial charge in [-0.3, -0.25) is 0 Å². The lowest BCUT2D eigenvalue weighted by Crippen LogP contribution is -2.11. The lowest BCUT2D eigenvalue weighted by molar-refractivity contribution is 0.325. The monoisotopic (exact) mass is 389 g/mol. The molecule has 130 valence electrons. The van der Waals surface area contributed by atoms with Crippen LogP contribution in [0.4, 0.5) is 0 Å². The van der Waals surface area contributed by atoms with Gasteiger partial charge in [0.15, 0.2) is 0 Å². The number of halogens is 2. The van der Waals surface area contributed by atoms with Gasteiger partial charge in [0.2, 0.25) is 9.84 Å². The number of hydrogen-bond acceptors (Lipinski definition) is 5. The Balaban J connectivity index is 2.56. The van der Waals surface area contributed by atoms with Crippen molar-refractivity contribution in [3.63, 3.8) is 0 Å². The third-order valence-corrected chi connectivity index (χ3v) is 5.60. The first-order valence-electron chi connectivity index (χ1n) is 7.19. The van der Waals surface area contributed by atoms with Crippen molar-refractivity contribution in [3.8, 4) is 5.75 Å². The van der Waals surface area contributed by atoms with Crippen molar-refractivity contribution in [3.05, 3.63) is 51.3 Å². The molecule has 0 saturated heterocycles. The van der Waals surface area contributed by atoms with Gasteiger partial charge < -0.3 is 9.84 Å². The summed E-state index contributed by atoms with van der Waals surface area (Å²) in [5, 5.41) is 9.91. The van der Waals surface area contributed by atoms with Crippen LogP contribution >= 0.6 is 23.2 Å². The fourth-order valence-electron chi connectivity index (χ4n) is 2.33. The molecule has 0 radical (unpaired) electrons. The summed E-state index contributed by atoms with van der Waals surface area (Å²) in [4.78, 5) is 3.98. The Morgan fingerprint density at radius 1 is 1.25 bits per heavy atom. The molecule has 0 atom stereocenters. The number of aliphatic hydroxyl groups excluding tert-OH is 1. The van der Waals surface area contributed by atoms with Gasteiger partial charge in [0.25, 0.3) is 0 Å². The highest BCUT2D eigenvalue weighted by atomic mass is 35.5. The summed E-state index contributed by atoms with van der Waals surface area (Å²) in [6.45, 7) is 3.82. The lowest BCUT2D eigenvalue weighted by Gasteiger charge is -2.16. The molecule has 1 aromatic carbocycles. The molecular formula is C16H17Cl2NO4S. The van der Waals surface area contributed by atoms with Crippen LogP contribution in [0.2, 0.25) is 10.2 Å². The van der Waals surface area contributed by atoms with Crippen LogP contribution < -0.4 is 4.74 Å². The average Bonchev–Trinajstić information content (AvgIpc) is 2.54. The largest absolute Gasteiger partial charge is 0.492 e. The summed E-state index contributed by atoms with van der Waals surface area (Å²) in [7, 11) is -3.81. The number of ether oxygens (including phenoxy) is 1. The third-order valence-electron chi connectivity index (χ3n) is 3.59. The van der Waals surface area contributed by atoms with Crippen molar-refractivity contribution in [2.75, 3.05) is 12.5 Å². The molecule has 0 fully saturated rings. The molecule has 5 nitrogen and oxygen atoms in total. The molecule has 0 bridgehead atoms. The fraction of sp³-hybridized carbons (Fsp3) is 0.312. The molecule has 0 spiro atoms. The number of sulfone groups is 1. The molecule has 0 aliphatic carbocycles. The summed E-state index contributed by atoms with van der Waals surface area (Å²) in [6, 6.07) is 4.74. The Kier molecular flexibility index (Phi) is 6.09. The smallest absolute Gasteiger partial charge is 0.205 e. The van der Waals surface area contributed by atoms with Gasteiger partial charge in [-0.25, -0.2) is 13.4 Å². The van der Waals surface area contributed by atoms with Gasteiger partial charge in [0, 0.05) is 23.2 Å². The zero-order chi connectivity index (χ0) is 17.9. The van der Waals surface area contributed by atoms with E-state index in [1.807, 2.05) is 0 Å². The van der Waals surface area contributed by atoms with Crippen molar-refractivity contribution in [1.29, 1.82) is 0 Å². The summed E-state index contributed by atoms with van der Waals surface area (Å²) in [6.07, 6.45) is 1.90. The van der Waals surface area contributed by atoms with Crippen LogP contribution in [0.5, 0.6) is 5.75 Å². The van der Waals surface area contributed by atoms with Gasteiger partial charge in [-0.05, 0) is 37.1 Å². The number of rotatable bonds is 6. The molecule has 1 heterocycles. The van der Waals surface area contributed by atoms with Crippen LogP contribution in [-0.2, 0) is 16.3 Å². The predicted molar refractivity (Wildman–Crippen MR) is 93.7 cm³/mol. The molecule has 0 saturated carbocycles. The highest BCUT2D eigenvalue weighted by molar-refractivity contribution is 7.91. The Morgan fingerprint density at radius 2 is 1.96 bits per heavy atom. The standard InChI is InChI=1S/C16H17Cl2NO4S/c1-3-23-15-10(2)11(4-5-14(15)24(21,22)9-20)8-12-13(17)6-7-19-16(12)18/h4-7,20H,3,8-9H2,1-2H3. The normalized spacial score (nSPS) is 11.5. The molecule has 1 N–H and O–H groups in total. The second kappa shape index (κ2) is 7.70. The average molecular weight is 390 g/mol. The van der Waals surface area contributed by atoms with Gasteiger partial charge in [-0.1, -0.05) is 29.3 Å². The SMILES string of the molecule is CCOc1c(S(=O)(=O)CO)ccc(Cc2c(Cl)ccnc2Cl)c1C. The van der Waals surface area contributed by atoms with Crippen molar-refractivity contribution in [2.24, 2.45) is 0 Å². The first-order valence-corrected chi connectivity index (χ1v) is 9.60.